The van der Waals surface area contributed by atoms with Crippen molar-refractivity contribution in [3.05, 3.63) is 77.6 Å². The summed E-state index contributed by atoms with van der Waals surface area (Å²) >= 11 is 0. The summed E-state index contributed by atoms with van der Waals surface area (Å²) in [5, 5.41) is 6.68. The molecule has 1 saturated carbocycles. The molecule has 2 N–H and O–H groups in total. The molecule has 32 heavy (non-hydrogen) atoms. The number of hydrogen-bond acceptors (Lipinski definition) is 4. The summed E-state index contributed by atoms with van der Waals surface area (Å²) < 4.78 is 0. The number of fused-ring (bicyclic) bond motifs is 1. The lowest BCUT2D eigenvalue weighted by Crippen LogP contribution is -2.30. The Kier molecular flexibility index (Phi) is 6.15. The fraction of sp³-hybridized carbons (Fsp3) is 0.370. The number of carbonyl (C=O) groups excluding carboxylic acids is 1. The summed E-state index contributed by atoms with van der Waals surface area (Å²) in [5.41, 5.74) is 5.23. The molecule has 1 aromatic heterocycles. The molecule has 1 amide bonds. The van der Waals surface area contributed by atoms with Crippen LogP contribution in [0.4, 0.5) is 5.95 Å². The lowest BCUT2D eigenvalue weighted by molar-refractivity contribution is 0.0933. The minimum absolute atomic E-state index is 0.0264. The Balaban J connectivity index is 1.23. The van der Waals surface area contributed by atoms with Crippen molar-refractivity contribution in [3.8, 4) is 11.1 Å². The summed E-state index contributed by atoms with van der Waals surface area (Å²) in [7, 11) is 0. The van der Waals surface area contributed by atoms with Gasteiger partial charge < -0.3 is 10.6 Å². The molecule has 164 valence electrons. The highest BCUT2D eigenvalue weighted by Gasteiger charge is 2.22. The number of anilines is 1. The molecule has 3 aromatic rings. The first kappa shape index (κ1) is 20.7. The monoisotopic (exact) mass is 426 g/mol. The topological polar surface area (TPSA) is 66.9 Å². The summed E-state index contributed by atoms with van der Waals surface area (Å²) in [4.78, 5) is 21.9. The predicted molar refractivity (Wildman–Crippen MR) is 128 cm³/mol. The Hall–Kier alpha value is -3.21. The highest BCUT2D eigenvalue weighted by Crippen LogP contribution is 2.30. The summed E-state index contributed by atoms with van der Waals surface area (Å²) in [5.74, 6) is 0.672. The van der Waals surface area contributed by atoms with Gasteiger partial charge in [-0.15, -0.1) is 0 Å². The lowest BCUT2D eigenvalue weighted by atomic mass is 9.87. The predicted octanol–water partition coefficient (Wildman–Crippen LogP) is 5.70. The molecule has 1 atom stereocenters. The van der Waals surface area contributed by atoms with Gasteiger partial charge in [-0.25, -0.2) is 9.97 Å². The Morgan fingerprint density at radius 1 is 0.812 bits per heavy atom. The number of aromatic nitrogens is 2. The van der Waals surface area contributed by atoms with Crippen molar-refractivity contribution in [2.75, 3.05) is 5.32 Å². The van der Waals surface area contributed by atoms with E-state index < -0.39 is 0 Å². The number of hydrogen-bond donors (Lipinski definition) is 2. The van der Waals surface area contributed by atoms with Gasteiger partial charge in [0, 0.05) is 29.6 Å². The van der Waals surface area contributed by atoms with Crippen molar-refractivity contribution in [1.82, 2.24) is 15.3 Å². The van der Waals surface area contributed by atoms with Gasteiger partial charge in [0.05, 0.1) is 6.04 Å². The van der Waals surface area contributed by atoms with Crippen LogP contribution in [0.5, 0.6) is 0 Å². The van der Waals surface area contributed by atoms with Gasteiger partial charge in [-0.05, 0) is 60.9 Å². The first-order chi connectivity index (χ1) is 15.8. The van der Waals surface area contributed by atoms with Crippen molar-refractivity contribution < 1.29 is 4.79 Å². The SMILES string of the molecule is O=C(N[C@H]1CCCc2ccccc21)c1ccc(-c2cnc(NC3CCCCC3)nc2)cc1. The Bertz CT molecular complexity index is 1060. The number of amides is 1. The van der Waals surface area contributed by atoms with Crippen LogP contribution in [0.25, 0.3) is 11.1 Å². The molecule has 0 radical (unpaired) electrons. The number of nitrogens with one attached hydrogen (secondary N) is 2. The molecule has 2 aromatic carbocycles. The van der Waals surface area contributed by atoms with Crippen LogP contribution in [-0.2, 0) is 6.42 Å². The maximum absolute atomic E-state index is 12.9. The smallest absolute Gasteiger partial charge is 0.251 e. The second kappa shape index (κ2) is 9.51. The van der Waals surface area contributed by atoms with E-state index in [2.05, 4.69) is 44.9 Å². The molecule has 2 aliphatic rings. The molecule has 2 aliphatic carbocycles. The summed E-state index contributed by atoms with van der Waals surface area (Å²) in [6.07, 6.45) is 13.2. The van der Waals surface area contributed by atoms with E-state index in [1.54, 1.807) is 0 Å². The van der Waals surface area contributed by atoms with Crippen molar-refractivity contribution >= 4 is 11.9 Å². The van der Waals surface area contributed by atoms with E-state index in [0.717, 1.165) is 30.4 Å². The van der Waals surface area contributed by atoms with Gasteiger partial charge in [0.15, 0.2) is 0 Å². The summed E-state index contributed by atoms with van der Waals surface area (Å²) in [6, 6.07) is 16.7. The van der Waals surface area contributed by atoms with Crippen LogP contribution in [0.3, 0.4) is 0 Å². The quantitative estimate of drug-likeness (QED) is 0.549. The van der Waals surface area contributed by atoms with E-state index in [-0.39, 0.29) is 11.9 Å². The normalized spacial score (nSPS) is 18.6. The van der Waals surface area contributed by atoms with Crippen LogP contribution in [0.2, 0.25) is 0 Å². The molecule has 0 unspecified atom stereocenters. The van der Waals surface area contributed by atoms with E-state index in [9.17, 15) is 4.79 Å². The van der Waals surface area contributed by atoms with Gasteiger partial charge in [0.2, 0.25) is 5.95 Å². The fourth-order valence-corrected chi connectivity index (χ4v) is 4.94. The fourth-order valence-electron chi connectivity index (χ4n) is 4.94. The van der Waals surface area contributed by atoms with Gasteiger partial charge in [-0.3, -0.25) is 4.79 Å². The van der Waals surface area contributed by atoms with Gasteiger partial charge in [-0.1, -0.05) is 55.7 Å². The van der Waals surface area contributed by atoms with Crippen LogP contribution in [0.1, 0.15) is 72.5 Å². The van der Waals surface area contributed by atoms with Gasteiger partial charge >= 0.3 is 0 Å². The third kappa shape index (κ3) is 4.67. The lowest BCUT2D eigenvalue weighted by Gasteiger charge is -2.26. The number of nitrogens with zero attached hydrogens (tertiary/aromatic N) is 2. The average molecular weight is 427 g/mol. The molecule has 0 saturated heterocycles. The standard InChI is InChI=1S/C27H30N4O/c32-26(31-25-12-6-8-20-7-4-5-11-24(20)25)21-15-13-19(14-16-21)22-17-28-27(29-18-22)30-23-9-2-1-3-10-23/h4-5,7,11,13-18,23,25H,1-3,6,8-10,12H2,(H,31,32)(H,28,29,30)/t25-/m0/s1. The third-order valence-electron chi connectivity index (χ3n) is 6.75. The van der Waals surface area contributed by atoms with E-state index in [1.165, 1.54) is 43.2 Å². The zero-order valence-corrected chi connectivity index (χ0v) is 18.4. The van der Waals surface area contributed by atoms with Crippen molar-refractivity contribution in [1.29, 1.82) is 0 Å². The molecule has 0 bridgehead atoms. The molecule has 5 heteroatoms. The van der Waals surface area contributed by atoms with Gasteiger partial charge in [0.1, 0.15) is 0 Å². The van der Waals surface area contributed by atoms with Crippen LogP contribution in [-0.4, -0.2) is 21.9 Å². The maximum atomic E-state index is 12.9. The largest absolute Gasteiger partial charge is 0.351 e. The Morgan fingerprint density at radius 2 is 1.56 bits per heavy atom. The Labute approximate surface area is 189 Å². The highest BCUT2D eigenvalue weighted by atomic mass is 16.1. The van der Waals surface area contributed by atoms with Crippen LogP contribution < -0.4 is 10.6 Å². The molecular weight excluding hydrogens is 396 g/mol. The zero-order valence-electron chi connectivity index (χ0n) is 18.4. The first-order valence-corrected chi connectivity index (χ1v) is 11.8. The van der Waals surface area contributed by atoms with Crippen molar-refractivity contribution in [2.45, 2.75) is 63.5 Å². The number of carbonyl (C=O) groups is 1. The Morgan fingerprint density at radius 3 is 2.34 bits per heavy atom. The number of benzene rings is 2. The minimum atomic E-state index is -0.0264. The van der Waals surface area contributed by atoms with Gasteiger partial charge in [-0.2, -0.15) is 0 Å². The molecule has 5 nitrogen and oxygen atoms in total. The van der Waals surface area contributed by atoms with Crippen molar-refractivity contribution in [3.63, 3.8) is 0 Å². The molecule has 0 aliphatic heterocycles. The van der Waals surface area contributed by atoms with Gasteiger partial charge in [0.25, 0.3) is 5.91 Å². The van der Waals surface area contributed by atoms with Crippen LogP contribution >= 0.6 is 0 Å². The number of aryl methyl sites for hydroxylation is 1. The first-order valence-electron chi connectivity index (χ1n) is 11.8. The zero-order chi connectivity index (χ0) is 21.8. The summed E-state index contributed by atoms with van der Waals surface area (Å²) in [6.45, 7) is 0. The third-order valence-corrected chi connectivity index (χ3v) is 6.75. The highest BCUT2D eigenvalue weighted by molar-refractivity contribution is 5.95. The molecular formula is C27H30N4O. The molecule has 0 spiro atoms. The van der Waals surface area contributed by atoms with E-state index in [0.29, 0.717) is 17.6 Å². The van der Waals surface area contributed by atoms with E-state index in [1.807, 2.05) is 36.7 Å². The van der Waals surface area contributed by atoms with E-state index in [4.69, 9.17) is 0 Å². The second-order valence-corrected chi connectivity index (χ2v) is 8.97. The van der Waals surface area contributed by atoms with Crippen molar-refractivity contribution in [2.24, 2.45) is 0 Å². The van der Waals surface area contributed by atoms with E-state index >= 15 is 0 Å². The molecule has 1 fully saturated rings. The minimum Gasteiger partial charge on any atom is -0.351 e. The average Bonchev–Trinajstić information content (AvgIpc) is 2.85. The maximum Gasteiger partial charge on any atom is 0.251 e. The van der Waals surface area contributed by atoms with Crippen LogP contribution in [0, 0.1) is 0 Å². The van der Waals surface area contributed by atoms with Crippen LogP contribution in [0.15, 0.2) is 60.9 Å². The molecule has 5 rings (SSSR count). The number of rotatable bonds is 5. The second-order valence-electron chi connectivity index (χ2n) is 8.97. The molecule has 1 heterocycles.